The predicted octanol–water partition coefficient (Wildman–Crippen LogP) is 2.78. The number of hydrogen-bond acceptors (Lipinski definition) is 5. The second kappa shape index (κ2) is 6.89. The maximum absolute atomic E-state index is 12.3. The quantitative estimate of drug-likeness (QED) is 0.806. The van der Waals surface area contributed by atoms with Crippen molar-refractivity contribution >= 4 is 17.7 Å². The highest BCUT2D eigenvalue weighted by molar-refractivity contribution is 7.99. The van der Waals surface area contributed by atoms with E-state index in [4.69, 9.17) is 0 Å². The van der Waals surface area contributed by atoms with Gasteiger partial charge < -0.3 is 5.32 Å². The minimum absolute atomic E-state index is 0.155. The molecule has 0 bridgehead atoms. The van der Waals surface area contributed by atoms with Gasteiger partial charge in [0.1, 0.15) is 11.4 Å². The molecular formula is C18H21N5OS. The highest BCUT2D eigenvalue weighted by Gasteiger charge is 2.42. The first-order chi connectivity index (χ1) is 11.9. The first-order valence-electron chi connectivity index (χ1n) is 8.27. The summed E-state index contributed by atoms with van der Waals surface area (Å²) in [5.74, 6) is 1.09. The predicted molar refractivity (Wildman–Crippen MR) is 96.4 cm³/mol. The largest absolute Gasteiger partial charge is 0.337 e. The number of hydrogen-bond donors (Lipinski definition) is 1. The molecule has 1 aliphatic carbocycles. The second-order valence-corrected chi connectivity index (χ2v) is 7.52. The molecule has 6 nitrogen and oxygen atoms in total. The molecule has 0 radical (unpaired) electrons. The summed E-state index contributed by atoms with van der Waals surface area (Å²) in [7, 11) is 0. The van der Waals surface area contributed by atoms with Crippen LogP contribution in [0.1, 0.15) is 31.2 Å². The van der Waals surface area contributed by atoms with E-state index in [2.05, 4.69) is 21.6 Å². The van der Waals surface area contributed by atoms with Gasteiger partial charge in [0.25, 0.3) is 0 Å². The third kappa shape index (κ3) is 3.69. The average molecular weight is 355 g/mol. The molecule has 1 aromatic carbocycles. The topological polar surface area (TPSA) is 83.6 Å². The number of nitrogens with zero attached hydrogens (tertiary/aromatic N) is 4. The van der Waals surface area contributed by atoms with Gasteiger partial charge in [-0.2, -0.15) is 5.26 Å². The number of rotatable bonds is 6. The van der Waals surface area contributed by atoms with Crippen molar-refractivity contribution in [1.82, 2.24) is 20.1 Å². The molecule has 1 aliphatic rings. The summed E-state index contributed by atoms with van der Waals surface area (Å²) >= 11 is 1.33. The molecule has 7 heteroatoms. The summed E-state index contributed by atoms with van der Waals surface area (Å²) in [4.78, 5) is 12.3. The highest BCUT2D eigenvalue weighted by atomic mass is 32.2. The maximum Gasteiger partial charge on any atom is 0.231 e. The zero-order valence-corrected chi connectivity index (χ0v) is 15.4. The third-order valence-corrected chi connectivity index (χ3v) is 5.44. The minimum atomic E-state index is -0.767. The number of carbonyl (C=O) groups is 1. The van der Waals surface area contributed by atoms with Crippen molar-refractivity contribution in [2.45, 2.75) is 44.3 Å². The van der Waals surface area contributed by atoms with Gasteiger partial charge in [0.05, 0.1) is 17.5 Å². The van der Waals surface area contributed by atoms with Crippen LogP contribution in [0.3, 0.4) is 0 Å². The van der Waals surface area contributed by atoms with Crippen LogP contribution in [0.2, 0.25) is 0 Å². The lowest BCUT2D eigenvalue weighted by atomic mass is 9.98. The number of para-hydroxylation sites is 1. The molecule has 1 aromatic heterocycles. The summed E-state index contributed by atoms with van der Waals surface area (Å²) in [6.45, 7) is 5.72. The van der Waals surface area contributed by atoms with Gasteiger partial charge in [-0.1, -0.05) is 30.0 Å². The van der Waals surface area contributed by atoms with Gasteiger partial charge in [0.2, 0.25) is 5.91 Å². The van der Waals surface area contributed by atoms with E-state index in [1.165, 1.54) is 11.8 Å². The normalized spacial score (nSPS) is 16.1. The van der Waals surface area contributed by atoms with Gasteiger partial charge >= 0.3 is 0 Å². The molecule has 3 rings (SSSR count). The number of thioether (sulfide) groups is 1. The smallest absolute Gasteiger partial charge is 0.231 e. The molecule has 2 aromatic rings. The molecule has 1 fully saturated rings. The number of aromatic nitrogens is 3. The lowest BCUT2D eigenvalue weighted by Gasteiger charge is -2.22. The van der Waals surface area contributed by atoms with E-state index in [1.54, 1.807) is 6.92 Å². The number of aryl methyl sites for hydroxylation is 2. The fraction of sp³-hybridized carbons (Fsp3) is 0.444. The van der Waals surface area contributed by atoms with Crippen molar-refractivity contribution in [3.05, 3.63) is 35.7 Å². The summed E-state index contributed by atoms with van der Waals surface area (Å²) in [5.41, 5.74) is 1.35. The van der Waals surface area contributed by atoms with Gasteiger partial charge in [0, 0.05) is 0 Å². The molecule has 1 amide bonds. The fourth-order valence-electron chi connectivity index (χ4n) is 2.87. The van der Waals surface area contributed by atoms with Crippen LogP contribution in [-0.4, -0.2) is 32.0 Å². The van der Waals surface area contributed by atoms with Crippen LogP contribution in [0.5, 0.6) is 0 Å². The van der Waals surface area contributed by atoms with Crippen LogP contribution in [-0.2, 0) is 4.79 Å². The first-order valence-corrected chi connectivity index (χ1v) is 9.26. The Morgan fingerprint density at radius 3 is 2.76 bits per heavy atom. The van der Waals surface area contributed by atoms with Crippen LogP contribution < -0.4 is 5.32 Å². The number of benzene rings is 1. The van der Waals surface area contributed by atoms with E-state index in [1.807, 2.05) is 42.7 Å². The van der Waals surface area contributed by atoms with Crippen LogP contribution in [0.25, 0.3) is 5.69 Å². The zero-order valence-electron chi connectivity index (χ0n) is 14.6. The summed E-state index contributed by atoms with van der Waals surface area (Å²) in [5, 5.41) is 21.3. The fourth-order valence-corrected chi connectivity index (χ4v) is 3.66. The van der Waals surface area contributed by atoms with Gasteiger partial charge in [-0.15, -0.1) is 10.2 Å². The minimum Gasteiger partial charge on any atom is -0.337 e. The third-order valence-electron chi connectivity index (χ3n) is 4.51. The summed E-state index contributed by atoms with van der Waals surface area (Å²) in [6, 6.07) is 10.2. The van der Waals surface area contributed by atoms with Crippen molar-refractivity contribution in [3.63, 3.8) is 0 Å². The lowest BCUT2D eigenvalue weighted by Crippen LogP contribution is -2.47. The number of amides is 1. The second-order valence-electron chi connectivity index (χ2n) is 6.58. The Kier molecular flexibility index (Phi) is 4.82. The Morgan fingerprint density at radius 1 is 1.40 bits per heavy atom. The maximum atomic E-state index is 12.3. The molecule has 25 heavy (non-hydrogen) atoms. The number of nitriles is 1. The van der Waals surface area contributed by atoms with Gasteiger partial charge in [-0.25, -0.2) is 0 Å². The molecule has 130 valence electrons. The van der Waals surface area contributed by atoms with Gasteiger partial charge in [-0.3, -0.25) is 9.36 Å². The van der Waals surface area contributed by atoms with Gasteiger partial charge in [-0.05, 0) is 51.2 Å². The standard InChI is InChI=1S/C18H21N5OS/c1-12-6-4-5-7-15(12)23-13(2)21-22-17(23)25-10-16(24)20-18(3,11-19)14-8-9-14/h4-7,14H,8-10H2,1-3H3,(H,20,24). The molecule has 0 saturated heterocycles. The number of nitrogens with one attached hydrogen (secondary N) is 1. The SMILES string of the molecule is Cc1ccccc1-n1c(C)nnc1SCC(=O)NC(C)(C#N)C1CC1. The van der Waals surface area contributed by atoms with Crippen molar-refractivity contribution in [3.8, 4) is 11.8 Å². The summed E-state index contributed by atoms with van der Waals surface area (Å²) in [6.07, 6.45) is 2.00. The molecule has 0 spiro atoms. The molecule has 1 unspecified atom stereocenters. The van der Waals surface area contributed by atoms with E-state index in [9.17, 15) is 10.1 Å². The monoisotopic (exact) mass is 355 g/mol. The Labute approximate surface area is 151 Å². The van der Waals surface area contributed by atoms with E-state index in [-0.39, 0.29) is 17.6 Å². The molecule has 0 aliphatic heterocycles. The average Bonchev–Trinajstić information content (AvgIpc) is 3.38. The Bertz CT molecular complexity index is 836. The highest BCUT2D eigenvalue weighted by Crippen LogP contribution is 2.39. The van der Waals surface area contributed by atoms with Crippen LogP contribution in [0.15, 0.2) is 29.4 Å². The van der Waals surface area contributed by atoms with E-state index < -0.39 is 5.54 Å². The van der Waals surface area contributed by atoms with Crippen molar-refractivity contribution in [2.24, 2.45) is 5.92 Å². The molecule has 1 saturated carbocycles. The molecule has 1 atom stereocenters. The summed E-state index contributed by atoms with van der Waals surface area (Å²) < 4.78 is 1.96. The molecule has 1 N–H and O–H groups in total. The first kappa shape index (κ1) is 17.5. The lowest BCUT2D eigenvalue weighted by molar-refractivity contribution is -0.119. The van der Waals surface area contributed by atoms with Crippen molar-refractivity contribution < 1.29 is 4.79 Å². The molecular weight excluding hydrogens is 334 g/mol. The van der Waals surface area contributed by atoms with Crippen LogP contribution in [0.4, 0.5) is 0 Å². The van der Waals surface area contributed by atoms with Crippen LogP contribution in [0, 0.1) is 31.1 Å². The Hall–Kier alpha value is -2.33. The van der Waals surface area contributed by atoms with Crippen LogP contribution >= 0.6 is 11.8 Å². The zero-order chi connectivity index (χ0) is 18.0. The van der Waals surface area contributed by atoms with E-state index in [0.717, 1.165) is 29.9 Å². The molecule has 1 heterocycles. The van der Waals surface area contributed by atoms with E-state index in [0.29, 0.717) is 5.16 Å². The number of carbonyl (C=O) groups excluding carboxylic acids is 1. The Morgan fingerprint density at radius 2 is 2.12 bits per heavy atom. The van der Waals surface area contributed by atoms with Gasteiger partial charge in [0.15, 0.2) is 5.16 Å². The van der Waals surface area contributed by atoms with Crippen molar-refractivity contribution in [2.75, 3.05) is 5.75 Å². The Balaban J connectivity index is 1.71. The van der Waals surface area contributed by atoms with E-state index >= 15 is 0 Å². The van der Waals surface area contributed by atoms with Crippen molar-refractivity contribution in [1.29, 1.82) is 5.26 Å².